The first kappa shape index (κ1) is 23.5. The van der Waals surface area contributed by atoms with Gasteiger partial charge in [0, 0.05) is 19.0 Å². The van der Waals surface area contributed by atoms with E-state index in [0.717, 1.165) is 6.07 Å². The molecule has 0 saturated carbocycles. The van der Waals surface area contributed by atoms with Crippen LogP contribution in [-0.2, 0) is 20.5 Å². The molecule has 3 rings (SSSR count). The molecule has 0 aliphatic carbocycles. The van der Waals surface area contributed by atoms with Crippen LogP contribution in [0.4, 0.5) is 18.9 Å². The number of likely N-dealkylation sites (tertiary alicyclic amines) is 1. The molecule has 2 heterocycles. The maximum atomic E-state index is 13.2. The van der Waals surface area contributed by atoms with Crippen LogP contribution in [0, 0.1) is 5.92 Å². The maximum absolute atomic E-state index is 13.2. The summed E-state index contributed by atoms with van der Waals surface area (Å²) < 4.78 is 45.2. The fourth-order valence-electron chi connectivity index (χ4n) is 4.39. The van der Waals surface area contributed by atoms with Gasteiger partial charge in [-0.05, 0) is 58.8 Å². The van der Waals surface area contributed by atoms with Crippen molar-refractivity contribution < 1.29 is 27.5 Å². The van der Waals surface area contributed by atoms with E-state index in [1.54, 1.807) is 6.92 Å². The number of ether oxygens (including phenoxy) is 1. The summed E-state index contributed by atoms with van der Waals surface area (Å²) in [6.45, 7) is 7.84. The largest absolute Gasteiger partial charge is 0.418 e. The highest BCUT2D eigenvalue weighted by Gasteiger charge is 2.36. The Labute approximate surface area is 180 Å². The first-order chi connectivity index (χ1) is 14.6. The van der Waals surface area contributed by atoms with Gasteiger partial charge in [0.15, 0.2) is 0 Å². The molecule has 2 aliphatic rings. The van der Waals surface area contributed by atoms with Gasteiger partial charge in [-0.3, -0.25) is 14.5 Å². The minimum atomic E-state index is -4.54. The molecular weight excluding hydrogens is 411 g/mol. The number of nitrogens with one attached hydrogen (secondary N) is 1. The molecule has 1 aromatic carbocycles. The minimum absolute atomic E-state index is 0.0103. The van der Waals surface area contributed by atoms with Crippen molar-refractivity contribution in [3.8, 4) is 0 Å². The van der Waals surface area contributed by atoms with Crippen LogP contribution in [0.15, 0.2) is 24.3 Å². The first-order valence-corrected chi connectivity index (χ1v) is 10.7. The van der Waals surface area contributed by atoms with Crippen LogP contribution in [0.25, 0.3) is 0 Å². The van der Waals surface area contributed by atoms with Gasteiger partial charge in [0.05, 0.1) is 29.5 Å². The third-order valence-electron chi connectivity index (χ3n) is 6.03. The summed E-state index contributed by atoms with van der Waals surface area (Å²) in [5, 5.41) is 2.42. The molecule has 0 spiro atoms. The first-order valence-electron chi connectivity index (χ1n) is 10.7. The predicted octanol–water partition coefficient (Wildman–Crippen LogP) is 3.38. The lowest BCUT2D eigenvalue weighted by Crippen LogP contribution is -2.52. The van der Waals surface area contributed by atoms with Crippen molar-refractivity contribution in [3.05, 3.63) is 29.8 Å². The Bertz CT molecular complexity index is 784. The van der Waals surface area contributed by atoms with Gasteiger partial charge in [-0.1, -0.05) is 12.1 Å². The second-order valence-corrected chi connectivity index (χ2v) is 8.52. The fourth-order valence-corrected chi connectivity index (χ4v) is 4.39. The number of carbonyl (C=O) groups is 2. The van der Waals surface area contributed by atoms with Crippen molar-refractivity contribution in [2.75, 3.05) is 31.5 Å². The highest BCUT2D eigenvalue weighted by atomic mass is 19.4. The molecule has 2 fully saturated rings. The molecule has 0 aromatic heterocycles. The molecule has 3 atom stereocenters. The fraction of sp³-hybridized carbons (Fsp3) is 0.636. The van der Waals surface area contributed by atoms with Crippen molar-refractivity contribution >= 4 is 17.5 Å². The van der Waals surface area contributed by atoms with Gasteiger partial charge in [0.25, 0.3) is 0 Å². The maximum Gasteiger partial charge on any atom is 0.418 e. The van der Waals surface area contributed by atoms with Crippen molar-refractivity contribution in [3.63, 3.8) is 0 Å². The lowest BCUT2D eigenvalue weighted by atomic mass is 9.93. The van der Waals surface area contributed by atoms with Crippen LogP contribution in [0.5, 0.6) is 0 Å². The number of para-hydroxylation sites is 1. The molecule has 172 valence electrons. The number of benzene rings is 1. The number of nitrogens with zero attached hydrogens (tertiary/aromatic N) is 2. The second-order valence-electron chi connectivity index (χ2n) is 8.52. The Morgan fingerprint density at radius 3 is 2.26 bits per heavy atom. The lowest BCUT2D eigenvalue weighted by Gasteiger charge is -2.40. The van der Waals surface area contributed by atoms with E-state index in [1.165, 1.54) is 18.2 Å². The quantitative estimate of drug-likeness (QED) is 0.778. The third-order valence-corrected chi connectivity index (χ3v) is 6.03. The number of rotatable bonds is 4. The summed E-state index contributed by atoms with van der Waals surface area (Å²) >= 11 is 0. The van der Waals surface area contributed by atoms with Gasteiger partial charge in [-0.25, -0.2) is 0 Å². The number of amides is 2. The minimum Gasteiger partial charge on any atom is -0.372 e. The van der Waals surface area contributed by atoms with E-state index in [4.69, 9.17) is 4.74 Å². The zero-order valence-electron chi connectivity index (χ0n) is 18.1. The molecule has 2 saturated heterocycles. The van der Waals surface area contributed by atoms with E-state index >= 15 is 0 Å². The monoisotopic (exact) mass is 441 g/mol. The van der Waals surface area contributed by atoms with E-state index in [1.807, 2.05) is 23.6 Å². The Kier molecular flexibility index (Phi) is 7.26. The zero-order valence-corrected chi connectivity index (χ0v) is 18.1. The van der Waals surface area contributed by atoms with Crippen LogP contribution < -0.4 is 5.32 Å². The molecule has 0 bridgehead atoms. The average molecular weight is 441 g/mol. The normalized spacial score (nSPS) is 24.6. The Morgan fingerprint density at radius 1 is 1.10 bits per heavy atom. The Morgan fingerprint density at radius 2 is 1.68 bits per heavy atom. The molecule has 1 N–H and O–H groups in total. The van der Waals surface area contributed by atoms with E-state index in [9.17, 15) is 22.8 Å². The molecule has 1 aromatic rings. The standard InChI is InChI=1S/C22H30F3N3O3/c1-14-12-28(13-15(2)31-14)21(30)17-8-10-27(11-9-17)16(3)20(29)26-19-7-5-4-6-18(19)22(23,24)25/h4-7,14-17H,8-13H2,1-3H3,(H,26,29). The zero-order chi connectivity index (χ0) is 22.8. The summed E-state index contributed by atoms with van der Waals surface area (Å²) in [4.78, 5) is 29.3. The van der Waals surface area contributed by atoms with Gasteiger partial charge >= 0.3 is 6.18 Å². The van der Waals surface area contributed by atoms with Crippen molar-refractivity contribution in [2.24, 2.45) is 5.92 Å². The Hall–Kier alpha value is -2.13. The Balaban J connectivity index is 1.55. The number of hydrogen-bond acceptors (Lipinski definition) is 4. The number of alkyl halides is 3. The van der Waals surface area contributed by atoms with Crippen LogP contribution in [0.2, 0.25) is 0 Å². The van der Waals surface area contributed by atoms with E-state index in [2.05, 4.69) is 5.32 Å². The molecule has 9 heteroatoms. The van der Waals surface area contributed by atoms with Gasteiger partial charge in [0.1, 0.15) is 0 Å². The average Bonchev–Trinajstić information content (AvgIpc) is 2.71. The topological polar surface area (TPSA) is 61.9 Å². The number of carbonyl (C=O) groups excluding carboxylic acids is 2. The van der Waals surface area contributed by atoms with Crippen LogP contribution in [0.3, 0.4) is 0 Å². The SMILES string of the molecule is CC1CN(C(=O)C2CCN(C(C)C(=O)Nc3ccccc3C(F)(F)F)CC2)CC(C)O1. The van der Waals surface area contributed by atoms with Crippen molar-refractivity contribution in [1.82, 2.24) is 9.80 Å². The number of hydrogen-bond donors (Lipinski definition) is 1. The van der Waals surface area contributed by atoms with Crippen molar-refractivity contribution in [2.45, 2.75) is 58.0 Å². The molecule has 2 amide bonds. The van der Waals surface area contributed by atoms with Gasteiger partial charge < -0.3 is 15.0 Å². The molecule has 3 unspecified atom stereocenters. The van der Waals surface area contributed by atoms with Gasteiger partial charge in [-0.15, -0.1) is 0 Å². The molecule has 2 aliphatic heterocycles. The lowest BCUT2D eigenvalue weighted by molar-refractivity contribution is -0.149. The van der Waals surface area contributed by atoms with E-state index < -0.39 is 23.7 Å². The van der Waals surface area contributed by atoms with Crippen LogP contribution >= 0.6 is 0 Å². The molecular formula is C22H30F3N3O3. The van der Waals surface area contributed by atoms with Gasteiger partial charge in [-0.2, -0.15) is 13.2 Å². The van der Waals surface area contributed by atoms with E-state index in [-0.39, 0.29) is 29.7 Å². The summed E-state index contributed by atoms with van der Waals surface area (Å²) in [5.74, 6) is -0.467. The van der Waals surface area contributed by atoms with Gasteiger partial charge in [0.2, 0.25) is 11.8 Å². The summed E-state index contributed by atoms with van der Waals surface area (Å²) in [6.07, 6.45) is -3.28. The number of anilines is 1. The highest BCUT2D eigenvalue weighted by molar-refractivity contribution is 5.95. The predicted molar refractivity (Wildman–Crippen MR) is 110 cm³/mol. The smallest absolute Gasteiger partial charge is 0.372 e. The third kappa shape index (κ3) is 5.77. The summed E-state index contributed by atoms with van der Waals surface area (Å²) in [6, 6.07) is 4.35. The highest BCUT2D eigenvalue weighted by Crippen LogP contribution is 2.34. The molecule has 6 nitrogen and oxygen atoms in total. The molecule has 0 radical (unpaired) electrons. The second kappa shape index (κ2) is 9.56. The van der Waals surface area contributed by atoms with Crippen LogP contribution in [0.1, 0.15) is 39.2 Å². The van der Waals surface area contributed by atoms with E-state index in [0.29, 0.717) is 39.0 Å². The number of morpholine rings is 1. The van der Waals surface area contributed by atoms with Crippen LogP contribution in [-0.4, -0.2) is 66.0 Å². The van der Waals surface area contributed by atoms with Crippen molar-refractivity contribution in [1.29, 1.82) is 0 Å². The molecule has 31 heavy (non-hydrogen) atoms. The summed E-state index contributed by atoms with van der Waals surface area (Å²) in [7, 11) is 0. The summed E-state index contributed by atoms with van der Waals surface area (Å²) in [5.41, 5.74) is -1.11. The number of halogens is 3. The number of piperidine rings is 1.